The monoisotopic (exact) mass is 261 g/mol. The number of fused-ring (bicyclic) bond motifs is 3. The molecule has 1 aliphatic rings. The lowest BCUT2D eigenvalue weighted by Crippen LogP contribution is -2.23. The van der Waals surface area contributed by atoms with Crippen molar-refractivity contribution in [2.24, 2.45) is 0 Å². The molecule has 4 heteroatoms. The van der Waals surface area contributed by atoms with Crippen LogP contribution >= 0.6 is 11.6 Å². The van der Waals surface area contributed by atoms with Crippen molar-refractivity contribution < 1.29 is 5.11 Å². The number of hydrogen-bond acceptors (Lipinski definition) is 2. The Bertz CT molecular complexity index is 716. The van der Waals surface area contributed by atoms with Crippen LogP contribution in [-0.2, 0) is 5.41 Å². The van der Waals surface area contributed by atoms with Crippen LogP contribution in [0.4, 0.5) is 0 Å². The molecule has 1 aliphatic heterocycles. The predicted molar refractivity (Wildman–Crippen MR) is 70.8 cm³/mol. The van der Waals surface area contributed by atoms with E-state index in [-0.39, 0.29) is 16.3 Å². The minimum Gasteiger partial charge on any atom is -0.506 e. The van der Waals surface area contributed by atoms with Crippen molar-refractivity contribution in [3.05, 3.63) is 57.0 Å². The van der Waals surface area contributed by atoms with Crippen LogP contribution in [0, 0.1) is 0 Å². The van der Waals surface area contributed by atoms with Gasteiger partial charge in [0.2, 0.25) is 0 Å². The van der Waals surface area contributed by atoms with E-state index in [1.807, 2.05) is 38.1 Å². The molecule has 18 heavy (non-hydrogen) atoms. The summed E-state index contributed by atoms with van der Waals surface area (Å²) in [5.41, 5.74) is 1.87. The molecule has 0 saturated carbocycles. The van der Waals surface area contributed by atoms with E-state index in [1.54, 1.807) is 4.57 Å². The fourth-order valence-electron chi connectivity index (χ4n) is 2.69. The van der Waals surface area contributed by atoms with Crippen molar-refractivity contribution in [2.45, 2.75) is 19.3 Å². The first-order valence-electron chi connectivity index (χ1n) is 5.69. The fourth-order valence-corrected chi connectivity index (χ4v) is 3.07. The summed E-state index contributed by atoms with van der Waals surface area (Å²) in [6.07, 6.45) is 0. The molecule has 0 saturated heterocycles. The quantitative estimate of drug-likeness (QED) is 0.792. The molecular weight excluding hydrogens is 250 g/mol. The number of nitrogens with zero attached hydrogens (tertiary/aromatic N) is 1. The van der Waals surface area contributed by atoms with Crippen LogP contribution in [-0.4, -0.2) is 9.67 Å². The number of hydrogen-bond donors (Lipinski definition) is 1. The lowest BCUT2D eigenvalue weighted by Gasteiger charge is -2.21. The maximum absolute atomic E-state index is 12.1. The summed E-state index contributed by atoms with van der Waals surface area (Å²) in [6.45, 7) is 3.99. The van der Waals surface area contributed by atoms with Crippen LogP contribution in [0.25, 0.3) is 5.69 Å². The Morgan fingerprint density at radius 3 is 2.67 bits per heavy atom. The molecule has 3 nitrogen and oxygen atoms in total. The second-order valence-corrected chi connectivity index (χ2v) is 5.39. The normalized spacial score (nSPS) is 15.3. The van der Waals surface area contributed by atoms with Gasteiger partial charge < -0.3 is 5.11 Å². The Kier molecular flexibility index (Phi) is 2.14. The molecule has 0 fully saturated rings. The number of aromatic hydroxyl groups is 1. The number of aromatic nitrogens is 1. The molecule has 92 valence electrons. The largest absolute Gasteiger partial charge is 0.506 e. The van der Waals surface area contributed by atoms with Gasteiger partial charge in [0, 0.05) is 11.5 Å². The van der Waals surface area contributed by atoms with E-state index in [2.05, 4.69) is 0 Å². The van der Waals surface area contributed by atoms with Gasteiger partial charge in [-0.15, -0.1) is 0 Å². The average Bonchev–Trinajstić information content (AvgIpc) is 2.56. The molecule has 2 heterocycles. The molecule has 3 rings (SSSR count). The number of pyridine rings is 1. The third kappa shape index (κ3) is 1.22. The number of halogens is 1. The summed E-state index contributed by atoms with van der Waals surface area (Å²) in [6, 6.07) is 8.85. The summed E-state index contributed by atoms with van der Waals surface area (Å²) in [5.74, 6) is -0.159. The van der Waals surface area contributed by atoms with Crippen LogP contribution in [0.15, 0.2) is 35.1 Å². The van der Waals surface area contributed by atoms with E-state index in [1.165, 1.54) is 0 Å². The van der Waals surface area contributed by atoms with Gasteiger partial charge in [-0.1, -0.05) is 43.6 Å². The highest BCUT2D eigenvalue weighted by molar-refractivity contribution is 6.32. The van der Waals surface area contributed by atoms with Gasteiger partial charge in [-0.3, -0.25) is 9.36 Å². The first kappa shape index (κ1) is 11.4. The van der Waals surface area contributed by atoms with E-state index in [0.717, 1.165) is 17.3 Å². The van der Waals surface area contributed by atoms with Gasteiger partial charge in [0.1, 0.15) is 10.8 Å². The maximum Gasteiger partial charge on any atom is 0.259 e. The Morgan fingerprint density at radius 1 is 1.28 bits per heavy atom. The minimum atomic E-state index is -0.397. The zero-order valence-electron chi connectivity index (χ0n) is 10.1. The van der Waals surface area contributed by atoms with Gasteiger partial charge in [-0.2, -0.15) is 0 Å². The number of rotatable bonds is 0. The minimum absolute atomic E-state index is 0.159. The zero-order valence-corrected chi connectivity index (χ0v) is 10.8. The molecule has 0 aliphatic carbocycles. The summed E-state index contributed by atoms with van der Waals surface area (Å²) >= 11 is 6.18. The standard InChI is InChI=1S/C14H12ClNO2/c1-14(2)8-5-3-4-6-9(8)16-11(18)7-10(17)12(15)13(14)16/h3-7,17H,1-2H3. The van der Waals surface area contributed by atoms with Crippen molar-refractivity contribution in [2.75, 3.05) is 0 Å². The topological polar surface area (TPSA) is 42.2 Å². The fraction of sp³-hybridized carbons (Fsp3) is 0.214. The van der Waals surface area contributed by atoms with Gasteiger partial charge in [0.15, 0.2) is 0 Å². The molecule has 1 aromatic carbocycles. The van der Waals surface area contributed by atoms with Crippen LogP contribution in [0.2, 0.25) is 5.02 Å². The van der Waals surface area contributed by atoms with Gasteiger partial charge in [-0.05, 0) is 11.6 Å². The Morgan fingerprint density at radius 2 is 1.94 bits per heavy atom. The van der Waals surface area contributed by atoms with Crippen LogP contribution in [0.1, 0.15) is 25.1 Å². The first-order chi connectivity index (χ1) is 8.44. The SMILES string of the molecule is CC1(C)c2ccccc2-n2c1c(Cl)c(O)cc2=O. The number of benzene rings is 1. The van der Waals surface area contributed by atoms with Gasteiger partial charge in [0.05, 0.1) is 11.4 Å². The maximum atomic E-state index is 12.1. The van der Waals surface area contributed by atoms with E-state index in [4.69, 9.17) is 11.6 Å². The molecule has 0 unspecified atom stereocenters. The molecular formula is C14H12ClNO2. The van der Waals surface area contributed by atoms with Crippen molar-refractivity contribution in [3.63, 3.8) is 0 Å². The molecule has 0 atom stereocenters. The Hall–Kier alpha value is -1.74. The molecule has 0 spiro atoms. The summed E-state index contributed by atoms with van der Waals surface area (Å²) in [4.78, 5) is 12.1. The van der Waals surface area contributed by atoms with Crippen molar-refractivity contribution in [3.8, 4) is 11.4 Å². The Balaban J connectivity index is 2.54. The smallest absolute Gasteiger partial charge is 0.259 e. The molecule has 0 bridgehead atoms. The van der Waals surface area contributed by atoms with Gasteiger partial charge in [-0.25, -0.2) is 0 Å². The van der Waals surface area contributed by atoms with Crippen LogP contribution in [0.5, 0.6) is 5.75 Å². The lowest BCUT2D eigenvalue weighted by molar-refractivity contribution is 0.469. The first-order valence-corrected chi connectivity index (χ1v) is 6.07. The Labute approximate surface area is 109 Å². The summed E-state index contributed by atoms with van der Waals surface area (Å²) < 4.78 is 1.58. The van der Waals surface area contributed by atoms with Crippen molar-refractivity contribution in [1.82, 2.24) is 4.57 Å². The lowest BCUT2D eigenvalue weighted by atomic mass is 9.83. The average molecular weight is 262 g/mol. The van der Waals surface area contributed by atoms with E-state index in [0.29, 0.717) is 5.69 Å². The van der Waals surface area contributed by atoms with Crippen molar-refractivity contribution in [1.29, 1.82) is 0 Å². The second kappa shape index (κ2) is 3.39. The van der Waals surface area contributed by atoms with E-state index in [9.17, 15) is 9.90 Å². The second-order valence-electron chi connectivity index (χ2n) is 5.01. The highest BCUT2D eigenvalue weighted by Crippen LogP contribution is 2.46. The zero-order chi connectivity index (χ0) is 13.1. The number of para-hydroxylation sites is 1. The molecule has 1 N–H and O–H groups in total. The van der Waals surface area contributed by atoms with Crippen LogP contribution < -0.4 is 5.56 Å². The molecule has 0 radical (unpaired) electrons. The molecule has 0 amide bonds. The molecule has 1 aromatic heterocycles. The van der Waals surface area contributed by atoms with Crippen molar-refractivity contribution >= 4 is 11.6 Å². The third-order valence-corrected chi connectivity index (χ3v) is 3.92. The van der Waals surface area contributed by atoms with Crippen LogP contribution in [0.3, 0.4) is 0 Å². The summed E-state index contributed by atoms with van der Waals surface area (Å²) in [5, 5.41) is 9.98. The third-order valence-electron chi connectivity index (χ3n) is 3.55. The molecule has 2 aromatic rings. The van der Waals surface area contributed by atoms with E-state index >= 15 is 0 Å². The highest BCUT2D eigenvalue weighted by atomic mass is 35.5. The van der Waals surface area contributed by atoms with Gasteiger partial charge >= 0.3 is 0 Å². The highest BCUT2D eigenvalue weighted by Gasteiger charge is 2.39. The van der Waals surface area contributed by atoms with E-state index < -0.39 is 5.41 Å². The predicted octanol–water partition coefficient (Wildman–Crippen LogP) is 2.84. The summed E-state index contributed by atoms with van der Waals surface area (Å²) in [7, 11) is 0. The van der Waals surface area contributed by atoms with Gasteiger partial charge in [0.25, 0.3) is 5.56 Å².